The molecular weight excluding hydrogens is 336 g/mol. The predicted molar refractivity (Wildman–Crippen MR) is 91.9 cm³/mol. The average molecular weight is 359 g/mol. The van der Waals surface area contributed by atoms with Crippen LogP contribution < -0.4 is 10.6 Å². The second-order valence-corrected chi connectivity index (χ2v) is 8.49. The summed E-state index contributed by atoms with van der Waals surface area (Å²) in [4.78, 5) is 12.6. The number of amides is 1. The molecule has 7 heteroatoms. The standard InChI is InChI=1S/C16H22N2O3S.ClH/c1-2-22(20,21)15-7-3-11(4-8-15)16(19)18-14-9-12-5-6-13(10-14)17-12;/h3-4,7-8,12-14,17H,2,5-6,9-10H2,1H3,(H,18,19);1H. The zero-order chi connectivity index (χ0) is 15.7. The van der Waals surface area contributed by atoms with E-state index in [0.29, 0.717) is 17.6 Å². The fraction of sp³-hybridized carbons (Fsp3) is 0.562. The molecule has 2 unspecified atom stereocenters. The van der Waals surface area contributed by atoms with Gasteiger partial charge >= 0.3 is 0 Å². The van der Waals surface area contributed by atoms with Crippen molar-refractivity contribution in [3.05, 3.63) is 29.8 Å². The molecule has 1 amide bonds. The van der Waals surface area contributed by atoms with Crippen LogP contribution in [0.3, 0.4) is 0 Å². The van der Waals surface area contributed by atoms with E-state index in [9.17, 15) is 13.2 Å². The number of hydrogen-bond acceptors (Lipinski definition) is 4. The minimum atomic E-state index is -3.21. The van der Waals surface area contributed by atoms with E-state index < -0.39 is 9.84 Å². The first-order valence-corrected chi connectivity index (χ1v) is 9.53. The van der Waals surface area contributed by atoms with E-state index in [0.717, 1.165) is 12.8 Å². The number of benzene rings is 1. The molecule has 128 valence electrons. The molecule has 1 aromatic rings. The first-order valence-electron chi connectivity index (χ1n) is 7.87. The van der Waals surface area contributed by atoms with Crippen LogP contribution in [0.4, 0.5) is 0 Å². The monoisotopic (exact) mass is 358 g/mol. The summed E-state index contributed by atoms with van der Waals surface area (Å²) in [6.07, 6.45) is 4.34. The third kappa shape index (κ3) is 4.05. The van der Waals surface area contributed by atoms with Crippen molar-refractivity contribution in [2.75, 3.05) is 5.75 Å². The second-order valence-electron chi connectivity index (χ2n) is 6.21. The van der Waals surface area contributed by atoms with Crippen molar-refractivity contribution in [1.29, 1.82) is 0 Å². The summed E-state index contributed by atoms with van der Waals surface area (Å²) in [7, 11) is -3.21. The minimum absolute atomic E-state index is 0. The van der Waals surface area contributed by atoms with E-state index in [1.165, 1.54) is 25.0 Å². The van der Waals surface area contributed by atoms with Crippen molar-refractivity contribution in [2.24, 2.45) is 0 Å². The van der Waals surface area contributed by atoms with Crippen LogP contribution in [-0.2, 0) is 9.84 Å². The van der Waals surface area contributed by atoms with Crippen LogP contribution in [0.1, 0.15) is 43.0 Å². The van der Waals surface area contributed by atoms with Gasteiger partial charge in [0.1, 0.15) is 0 Å². The van der Waals surface area contributed by atoms with Crippen LogP contribution in [0.15, 0.2) is 29.2 Å². The SMILES string of the molecule is CCS(=O)(=O)c1ccc(C(=O)NC2CC3CCC(C2)N3)cc1.Cl. The molecule has 2 heterocycles. The zero-order valence-corrected chi connectivity index (χ0v) is 14.8. The highest BCUT2D eigenvalue weighted by molar-refractivity contribution is 7.91. The smallest absolute Gasteiger partial charge is 0.251 e. The molecule has 2 saturated heterocycles. The molecule has 0 spiro atoms. The van der Waals surface area contributed by atoms with Crippen LogP contribution in [0.2, 0.25) is 0 Å². The molecule has 1 aromatic carbocycles. The molecule has 2 aliphatic rings. The Morgan fingerprint density at radius 2 is 1.74 bits per heavy atom. The molecule has 2 atom stereocenters. The van der Waals surface area contributed by atoms with Gasteiger partial charge in [-0.2, -0.15) is 0 Å². The van der Waals surface area contributed by atoms with E-state index in [4.69, 9.17) is 0 Å². The van der Waals surface area contributed by atoms with Gasteiger partial charge in [0.2, 0.25) is 0 Å². The second kappa shape index (κ2) is 7.20. The maximum Gasteiger partial charge on any atom is 0.251 e. The lowest BCUT2D eigenvalue weighted by molar-refractivity contribution is 0.0924. The fourth-order valence-corrected chi connectivity index (χ4v) is 4.31. The summed E-state index contributed by atoms with van der Waals surface area (Å²) in [6.45, 7) is 1.61. The predicted octanol–water partition coefficient (Wildman–Crippen LogP) is 1.91. The summed E-state index contributed by atoms with van der Waals surface area (Å²) in [6, 6.07) is 7.48. The first-order chi connectivity index (χ1) is 10.5. The van der Waals surface area contributed by atoms with Gasteiger partial charge in [-0.05, 0) is 49.9 Å². The highest BCUT2D eigenvalue weighted by Gasteiger charge is 2.34. The Kier molecular flexibility index (Phi) is 5.70. The highest BCUT2D eigenvalue weighted by Crippen LogP contribution is 2.27. The number of sulfone groups is 1. The van der Waals surface area contributed by atoms with Crippen LogP contribution in [-0.4, -0.2) is 38.2 Å². The number of carbonyl (C=O) groups excluding carboxylic acids is 1. The van der Waals surface area contributed by atoms with Crippen molar-refractivity contribution < 1.29 is 13.2 Å². The van der Waals surface area contributed by atoms with Crippen molar-refractivity contribution >= 4 is 28.2 Å². The molecule has 0 radical (unpaired) electrons. The van der Waals surface area contributed by atoms with E-state index in [2.05, 4.69) is 10.6 Å². The Bertz CT molecular complexity index is 648. The molecule has 0 aliphatic carbocycles. The maximum atomic E-state index is 12.3. The van der Waals surface area contributed by atoms with Crippen LogP contribution in [0.25, 0.3) is 0 Å². The Hall–Kier alpha value is -1.11. The van der Waals surface area contributed by atoms with E-state index in [1.54, 1.807) is 19.1 Å². The van der Waals surface area contributed by atoms with Crippen molar-refractivity contribution in [3.63, 3.8) is 0 Å². The Morgan fingerprint density at radius 3 is 2.26 bits per heavy atom. The lowest BCUT2D eigenvalue weighted by Crippen LogP contribution is -2.48. The number of carbonyl (C=O) groups is 1. The highest BCUT2D eigenvalue weighted by atomic mass is 35.5. The van der Waals surface area contributed by atoms with Gasteiger partial charge in [0.05, 0.1) is 10.6 Å². The number of rotatable bonds is 4. The van der Waals surface area contributed by atoms with Gasteiger partial charge in [0.25, 0.3) is 5.91 Å². The third-order valence-corrected chi connectivity index (χ3v) is 6.41. The summed E-state index contributed by atoms with van der Waals surface area (Å²) < 4.78 is 23.5. The Morgan fingerprint density at radius 1 is 1.17 bits per heavy atom. The molecule has 2 bridgehead atoms. The number of piperidine rings is 1. The summed E-state index contributed by atoms with van der Waals surface area (Å²) >= 11 is 0. The van der Waals surface area contributed by atoms with E-state index in [1.807, 2.05) is 0 Å². The lowest BCUT2D eigenvalue weighted by Gasteiger charge is -2.29. The number of nitrogens with one attached hydrogen (secondary N) is 2. The van der Waals surface area contributed by atoms with Crippen molar-refractivity contribution in [1.82, 2.24) is 10.6 Å². The molecule has 0 saturated carbocycles. The van der Waals surface area contributed by atoms with E-state index >= 15 is 0 Å². The van der Waals surface area contributed by atoms with Gasteiger partial charge in [-0.3, -0.25) is 4.79 Å². The lowest BCUT2D eigenvalue weighted by atomic mass is 9.99. The summed E-state index contributed by atoms with van der Waals surface area (Å²) in [5.74, 6) is -0.0529. The topological polar surface area (TPSA) is 75.3 Å². The maximum absolute atomic E-state index is 12.3. The molecule has 2 fully saturated rings. The molecule has 23 heavy (non-hydrogen) atoms. The third-order valence-electron chi connectivity index (χ3n) is 4.66. The molecule has 3 rings (SSSR count). The fourth-order valence-electron chi connectivity index (χ4n) is 3.42. The van der Waals surface area contributed by atoms with Crippen LogP contribution in [0.5, 0.6) is 0 Å². The number of halogens is 1. The number of fused-ring (bicyclic) bond motifs is 2. The van der Waals surface area contributed by atoms with Crippen molar-refractivity contribution in [3.8, 4) is 0 Å². The van der Waals surface area contributed by atoms with Gasteiger partial charge < -0.3 is 10.6 Å². The molecule has 5 nitrogen and oxygen atoms in total. The van der Waals surface area contributed by atoms with Gasteiger partial charge in [0.15, 0.2) is 9.84 Å². The largest absolute Gasteiger partial charge is 0.349 e. The quantitative estimate of drug-likeness (QED) is 0.862. The number of hydrogen-bond donors (Lipinski definition) is 2. The average Bonchev–Trinajstić information content (AvgIpc) is 2.86. The Balaban J connectivity index is 0.00000192. The van der Waals surface area contributed by atoms with Crippen molar-refractivity contribution in [2.45, 2.75) is 55.6 Å². The zero-order valence-electron chi connectivity index (χ0n) is 13.1. The molecular formula is C16H23ClN2O3S. The van der Waals surface area contributed by atoms with E-state index in [-0.39, 0.29) is 35.0 Å². The normalized spacial score (nSPS) is 26.4. The van der Waals surface area contributed by atoms with Gasteiger partial charge in [0, 0.05) is 23.7 Å². The molecule has 2 aliphatic heterocycles. The first kappa shape index (κ1) is 18.2. The van der Waals surface area contributed by atoms with Crippen LogP contribution in [0, 0.1) is 0 Å². The Labute approximate surface area is 143 Å². The van der Waals surface area contributed by atoms with Crippen LogP contribution >= 0.6 is 12.4 Å². The van der Waals surface area contributed by atoms with Gasteiger partial charge in [-0.15, -0.1) is 12.4 Å². The minimum Gasteiger partial charge on any atom is -0.349 e. The van der Waals surface area contributed by atoms with Gasteiger partial charge in [-0.1, -0.05) is 6.92 Å². The summed E-state index contributed by atoms with van der Waals surface area (Å²) in [5.41, 5.74) is 0.515. The summed E-state index contributed by atoms with van der Waals surface area (Å²) in [5, 5.41) is 6.63. The molecule has 0 aromatic heterocycles. The molecule has 2 N–H and O–H groups in total. The van der Waals surface area contributed by atoms with Gasteiger partial charge in [-0.25, -0.2) is 8.42 Å².